The molecule has 4 nitrogen and oxygen atoms in total. The van der Waals surface area contributed by atoms with Crippen LogP contribution in [0.2, 0.25) is 5.02 Å². The monoisotopic (exact) mass is 496 g/mol. The van der Waals surface area contributed by atoms with E-state index in [1.165, 1.54) is 18.2 Å². The van der Waals surface area contributed by atoms with Crippen molar-refractivity contribution < 1.29 is 23.0 Å². The molecule has 10 heteroatoms. The Morgan fingerprint density at radius 2 is 2.00 bits per heavy atom. The largest absolute Gasteiger partial charge is 0.434 e. The zero-order chi connectivity index (χ0) is 20.6. The smallest absolute Gasteiger partial charge is 0.387 e. The first kappa shape index (κ1) is 21.2. The number of nitrogens with zero attached hydrogens (tertiary/aromatic N) is 2. The van der Waals surface area contributed by atoms with Gasteiger partial charge in [-0.1, -0.05) is 11.6 Å². The lowest BCUT2D eigenvalue weighted by Crippen LogP contribution is -2.13. The van der Waals surface area contributed by atoms with Crippen molar-refractivity contribution in [3.05, 3.63) is 56.0 Å². The maximum Gasteiger partial charge on any atom is 0.387 e. The third-order valence-electron chi connectivity index (χ3n) is 4.30. The third kappa shape index (κ3) is 3.96. The lowest BCUT2D eigenvalue weighted by Gasteiger charge is -2.19. The van der Waals surface area contributed by atoms with Crippen molar-refractivity contribution in [2.75, 3.05) is 0 Å². The van der Waals surface area contributed by atoms with Gasteiger partial charge in [0, 0.05) is 22.2 Å². The highest BCUT2D eigenvalue weighted by Crippen LogP contribution is 2.36. The van der Waals surface area contributed by atoms with E-state index in [-0.39, 0.29) is 38.8 Å². The normalized spacial score (nSPS) is 11.6. The molecule has 0 unspecified atom stereocenters. The molecule has 28 heavy (non-hydrogen) atoms. The zero-order valence-corrected chi connectivity index (χ0v) is 17.5. The van der Waals surface area contributed by atoms with E-state index in [9.17, 15) is 18.3 Å². The maximum atomic E-state index is 13.9. The highest BCUT2D eigenvalue weighted by atomic mass is 79.9. The number of imidazole rings is 1. The van der Waals surface area contributed by atoms with E-state index in [0.29, 0.717) is 22.4 Å². The predicted molar refractivity (Wildman–Crippen MR) is 105 cm³/mol. The SMILES string of the molecule is Cc1cc(Cl)c(CO)c(Cn2c(CCl)nc3cc(F)c(Br)cc32)c1OC(F)F. The average molecular weight is 498 g/mol. The predicted octanol–water partition coefficient (Wildman–Crippen LogP) is 5.78. The number of aliphatic hydroxyl groups excluding tert-OH is 1. The van der Waals surface area contributed by atoms with Crippen molar-refractivity contribution in [2.24, 2.45) is 0 Å². The van der Waals surface area contributed by atoms with Gasteiger partial charge in [-0.05, 0) is 40.5 Å². The van der Waals surface area contributed by atoms with Crippen LogP contribution >= 0.6 is 39.1 Å². The minimum Gasteiger partial charge on any atom is -0.434 e. The summed E-state index contributed by atoms with van der Waals surface area (Å²) in [7, 11) is 0. The van der Waals surface area contributed by atoms with Crippen LogP contribution in [0.15, 0.2) is 22.7 Å². The highest BCUT2D eigenvalue weighted by molar-refractivity contribution is 9.10. The van der Waals surface area contributed by atoms with E-state index in [1.807, 2.05) is 0 Å². The summed E-state index contributed by atoms with van der Waals surface area (Å²) in [6.45, 7) is -1.96. The number of halogens is 6. The summed E-state index contributed by atoms with van der Waals surface area (Å²) in [5.74, 6) is -0.159. The maximum absolute atomic E-state index is 13.9. The van der Waals surface area contributed by atoms with Crippen molar-refractivity contribution in [3.8, 4) is 5.75 Å². The first-order chi connectivity index (χ1) is 13.3. The van der Waals surface area contributed by atoms with Crippen molar-refractivity contribution in [1.82, 2.24) is 9.55 Å². The topological polar surface area (TPSA) is 47.3 Å². The summed E-state index contributed by atoms with van der Waals surface area (Å²) in [6, 6.07) is 4.23. The molecule has 0 radical (unpaired) electrons. The molecule has 0 aliphatic carbocycles. The Hall–Kier alpha value is -1.48. The second kappa shape index (κ2) is 8.49. The Kier molecular flexibility index (Phi) is 6.44. The Morgan fingerprint density at radius 1 is 1.29 bits per heavy atom. The average Bonchev–Trinajstić information content (AvgIpc) is 2.95. The minimum absolute atomic E-state index is 0.00400. The number of aliphatic hydroxyl groups is 1. The number of benzene rings is 2. The number of fused-ring (bicyclic) bond motifs is 1. The molecule has 0 bridgehead atoms. The van der Waals surface area contributed by atoms with Crippen molar-refractivity contribution >= 4 is 50.2 Å². The van der Waals surface area contributed by atoms with E-state index in [2.05, 4.69) is 20.9 Å². The summed E-state index contributed by atoms with van der Waals surface area (Å²) in [4.78, 5) is 4.31. The molecule has 0 saturated carbocycles. The lowest BCUT2D eigenvalue weighted by atomic mass is 10.0. The first-order valence-corrected chi connectivity index (χ1v) is 9.74. The van der Waals surface area contributed by atoms with E-state index < -0.39 is 19.0 Å². The van der Waals surface area contributed by atoms with Gasteiger partial charge in [0.15, 0.2) is 0 Å². The van der Waals surface area contributed by atoms with Gasteiger partial charge in [0.05, 0.1) is 34.5 Å². The van der Waals surface area contributed by atoms with Crippen LogP contribution in [0, 0.1) is 12.7 Å². The summed E-state index contributed by atoms with van der Waals surface area (Å²) in [5, 5.41) is 9.98. The number of rotatable bonds is 6. The molecule has 2 aromatic carbocycles. The molecule has 0 spiro atoms. The molecular formula is C18H14BrCl2F3N2O2. The summed E-state index contributed by atoms with van der Waals surface area (Å²) < 4.78 is 46.4. The second-order valence-electron chi connectivity index (χ2n) is 6.00. The van der Waals surface area contributed by atoms with Crippen molar-refractivity contribution in [2.45, 2.75) is 32.6 Å². The van der Waals surface area contributed by atoms with Gasteiger partial charge >= 0.3 is 6.61 Å². The molecule has 0 atom stereocenters. The van der Waals surface area contributed by atoms with Crippen LogP contribution in [0.3, 0.4) is 0 Å². The number of alkyl halides is 3. The number of ether oxygens (including phenoxy) is 1. The zero-order valence-electron chi connectivity index (χ0n) is 14.4. The van der Waals surface area contributed by atoms with Gasteiger partial charge in [-0.25, -0.2) is 9.37 Å². The first-order valence-electron chi connectivity index (χ1n) is 8.03. The molecular weight excluding hydrogens is 484 g/mol. The number of hydrogen-bond donors (Lipinski definition) is 1. The lowest BCUT2D eigenvalue weighted by molar-refractivity contribution is -0.0510. The molecule has 0 aliphatic rings. The van der Waals surface area contributed by atoms with Gasteiger partial charge < -0.3 is 14.4 Å². The van der Waals surface area contributed by atoms with E-state index in [4.69, 9.17) is 27.9 Å². The molecule has 1 N–H and O–H groups in total. The van der Waals surface area contributed by atoms with Crippen molar-refractivity contribution in [3.63, 3.8) is 0 Å². The molecule has 0 fully saturated rings. The van der Waals surface area contributed by atoms with Crippen LogP contribution in [0.25, 0.3) is 11.0 Å². The third-order valence-corrected chi connectivity index (χ3v) is 5.48. The van der Waals surface area contributed by atoms with E-state index >= 15 is 0 Å². The van der Waals surface area contributed by atoms with Crippen LogP contribution in [-0.2, 0) is 19.0 Å². The molecule has 3 rings (SSSR count). The fourth-order valence-electron chi connectivity index (χ4n) is 3.06. The summed E-state index contributed by atoms with van der Waals surface area (Å²) >= 11 is 15.3. The van der Waals surface area contributed by atoms with Crippen LogP contribution in [0.1, 0.15) is 22.5 Å². The highest BCUT2D eigenvalue weighted by Gasteiger charge is 2.22. The molecule has 0 saturated heterocycles. The van der Waals surface area contributed by atoms with Gasteiger partial charge in [-0.3, -0.25) is 0 Å². The van der Waals surface area contributed by atoms with E-state index in [0.717, 1.165) is 0 Å². The second-order valence-corrected chi connectivity index (χ2v) is 7.53. The van der Waals surface area contributed by atoms with E-state index in [1.54, 1.807) is 11.5 Å². The number of aryl methyl sites for hydroxylation is 1. The van der Waals surface area contributed by atoms with Crippen LogP contribution in [-0.4, -0.2) is 21.3 Å². The fraction of sp³-hybridized carbons (Fsp3) is 0.278. The summed E-state index contributed by atoms with van der Waals surface area (Å²) in [5.41, 5.74) is 1.82. The minimum atomic E-state index is -3.06. The van der Waals surface area contributed by atoms with Gasteiger partial charge in [0.25, 0.3) is 0 Å². The Labute approximate surface area is 177 Å². The molecule has 150 valence electrons. The number of hydrogen-bond acceptors (Lipinski definition) is 3. The van der Waals surface area contributed by atoms with Crippen LogP contribution in [0.4, 0.5) is 13.2 Å². The van der Waals surface area contributed by atoms with Gasteiger partial charge in [0.1, 0.15) is 17.4 Å². The molecule has 0 aliphatic heterocycles. The Morgan fingerprint density at radius 3 is 2.61 bits per heavy atom. The van der Waals surface area contributed by atoms with Gasteiger partial charge in [-0.2, -0.15) is 8.78 Å². The van der Waals surface area contributed by atoms with Gasteiger partial charge in [0.2, 0.25) is 0 Å². The molecule has 3 aromatic rings. The fourth-order valence-corrected chi connectivity index (χ4v) is 3.93. The van der Waals surface area contributed by atoms with Crippen LogP contribution < -0.4 is 4.74 Å². The standard InChI is InChI=1S/C18H14BrCl2F3N2O2/c1-8-2-12(21)10(7-27)9(17(8)28-18(23)24)6-26-15-3-11(19)13(22)4-14(15)25-16(26)5-20/h2-4,18,27H,5-7H2,1H3. The Bertz CT molecular complexity index is 1040. The quantitative estimate of drug-likeness (QED) is 0.439. The number of aromatic nitrogens is 2. The van der Waals surface area contributed by atoms with Crippen LogP contribution in [0.5, 0.6) is 5.75 Å². The molecule has 1 heterocycles. The summed E-state index contributed by atoms with van der Waals surface area (Å²) in [6.07, 6.45) is 0. The Balaban J connectivity index is 2.25. The molecule has 1 aromatic heterocycles. The van der Waals surface area contributed by atoms with Crippen molar-refractivity contribution in [1.29, 1.82) is 0 Å². The van der Waals surface area contributed by atoms with Gasteiger partial charge in [-0.15, -0.1) is 11.6 Å². The molecule has 0 amide bonds.